The Hall–Kier alpha value is -2.77. The van der Waals surface area contributed by atoms with Crippen molar-refractivity contribution in [3.63, 3.8) is 0 Å². The summed E-state index contributed by atoms with van der Waals surface area (Å²) >= 11 is 5.78. The fraction of sp³-hybridized carbons (Fsp3) is 0.158. The Bertz CT molecular complexity index is 810. The minimum Gasteiger partial charge on any atom is -0.504 e. The Morgan fingerprint density at radius 1 is 1.25 bits per heavy atom. The van der Waals surface area contributed by atoms with Crippen LogP contribution in [0.2, 0.25) is 5.02 Å². The van der Waals surface area contributed by atoms with Gasteiger partial charge >= 0.3 is 0 Å². The van der Waals surface area contributed by atoms with Gasteiger partial charge in [0.05, 0.1) is 5.02 Å². The van der Waals surface area contributed by atoms with Crippen LogP contribution in [0.1, 0.15) is 34.8 Å². The number of carbonyl (C=O) groups is 1. The van der Waals surface area contributed by atoms with Gasteiger partial charge in [0.1, 0.15) is 11.6 Å². The van der Waals surface area contributed by atoms with Crippen LogP contribution < -0.4 is 0 Å². The van der Waals surface area contributed by atoms with Crippen LogP contribution in [0.15, 0.2) is 42.0 Å². The molecule has 24 heavy (non-hydrogen) atoms. The van der Waals surface area contributed by atoms with E-state index in [2.05, 4.69) is 6.92 Å². The zero-order chi connectivity index (χ0) is 17.7. The van der Waals surface area contributed by atoms with Crippen LogP contribution in [0.3, 0.4) is 0 Å². The van der Waals surface area contributed by atoms with Gasteiger partial charge in [-0.05, 0) is 35.8 Å². The predicted molar refractivity (Wildman–Crippen MR) is 93.1 cm³/mol. The van der Waals surface area contributed by atoms with Crippen LogP contribution in [0.5, 0.6) is 11.5 Å². The fourth-order valence-electron chi connectivity index (χ4n) is 2.27. The number of ketones is 1. The lowest BCUT2D eigenvalue weighted by Crippen LogP contribution is -2.02. The summed E-state index contributed by atoms with van der Waals surface area (Å²) in [5, 5.41) is 28.2. The molecule has 0 aliphatic heterocycles. The minimum atomic E-state index is -0.440. The molecule has 5 heteroatoms. The third-order valence-corrected chi connectivity index (χ3v) is 3.78. The van der Waals surface area contributed by atoms with Gasteiger partial charge in [0.25, 0.3) is 0 Å². The van der Waals surface area contributed by atoms with Crippen LogP contribution in [0.4, 0.5) is 0 Å². The molecule has 0 unspecified atom stereocenters. The molecule has 0 saturated heterocycles. The van der Waals surface area contributed by atoms with Gasteiger partial charge in [-0.2, -0.15) is 5.26 Å². The van der Waals surface area contributed by atoms with Gasteiger partial charge in [-0.3, -0.25) is 4.79 Å². The molecule has 4 nitrogen and oxygen atoms in total. The molecule has 0 amide bonds. The molecule has 0 bridgehead atoms. The van der Waals surface area contributed by atoms with Crippen molar-refractivity contribution in [2.45, 2.75) is 19.8 Å². The molecule has 2 aromatic rings. The zero-order valence-corrected chi connectivity index (χ0v) is 13.8. The number of benzene rings is 2. The maximum absolute atomic E-state index is 12.5. The number of hydrogen-bond donors (Lipinski definition) is 2. The number of aromatic hydroxyl groups is 2. The van der Waals surface area contributed by atoms with E-state index < -0.39 is 17.3 Å². The molecule has 0 spiro atoms. The second-order valence-corrected chi connectivity index (χ2v) is 5.72. The molecule has 0 aliphatic rings. The SMILES string of the molecule is CCCc1ccc(C(=O)/C(C#N)=C/c2cc(O)c(O)c(Cl)c2)cc1. The van der Waals surface area contributed by atoms with E-state index in [0.717, 1.165) is 18.4 Å². The van der Waals surface area contributed by atoms with Gasteiger partial charge in [0, 0.05) is 5.56 Å². The normalized spacial score (nSPS) is 11.1. The second-order valence-electron chi connectivity index (χ2n) is 5.32. The Morgan fingerprint density at radius 2 is 1.92 bits per heavy atom. The quantitative estimate of drug-likeness (QED) is 0.363. The third kappa shape index (κ3) is 3.95. The number of halogens is 1. The molecule has 122 valence electrons. The molecular weight excluding hydrogens is 326 g/mol. The second kappa shape index (κ2) is 7.67. The van der Waals surface area contributed by atoms with E-state index >= 15 is 0 Å². The standard InChI is InChI=1S/C19H16ClNO3/c1-2-3-12-4-6-14(7-5-12)18(23)15(11-21)8-13-9-16(20)19(24)17(22)10-13/h4-10,22,24H,2-3H2,1H3/b15-8+. The van der Waals surface area contributed by atoms with Crippen molar-refractivity contribution in [2.24, 2.45) is 0 Å². The van der Waals surface area contributed by atoms with Crippen LogP contribution in [0.25, 0.3) is 6.08 Å². The average molecular weight is 342 g/mol. The number of carbonyl (C=O) groups excluding carboxylic acids is 1. The van der Waals surface area contributed by atoms with E-state index in [0.29, 0.717) is 11.1 Å². The molecule has 0 fully saturated rings. The summed E-state index contributed by atoms with van der Waals surface area (Å²) in [6.45, 7) is 2.08. The molecule has 0 aromatic heterocycles. The first kappa shape index (κ1) is 17.6. The van der Waals surface area contributed by atoms with Crippen molar-refractivity contribution in [3.8, 4) is 17.6 Å². The number of phenolic OH excluding ortho intramolecular Hbond substituents is 2. The smallest absolute Gasteiger partial charge is 0.203 e. The summed E-state index contributed by atoms with van der Waals surface area (Å²) in [4.78, 5) is 12.5. The van der Waals surface area contributed by atoms with E-state index in [1.54, 1.807) is 12.1 Å². The highest BCUT2D eigenvalue weighted by atomic mass is 35.5. The molecule has 2 N–H and O–H groups in total. The highest BCUT2D eigenvalue weighted by Crippen LogP contribution is 2.34. The van der Waals surface area contributed by atoms with Crippen LogP contribution >= 0.6 is 11.6 Å². The van der Waals surface area contributed by atoms with E-state index in [1.165, 1.54) is 18.2 Å². The first-order valence-corrected chi connectivity index (χ1v) is 7.81. The van der Waals surface area contributed by atoms with Gasteiger partial charge < -0.3 is 10.2 Å². The Balaban J connectivity index is 2.33. The van der Waals surface area contributed by atoms with E-state index in [1.807, 2.05) is 18.2 Å². The van der Waals surface area contributed by atoms with Crippen molar-refractivity contribution >= 4 is 23.5 Å². The molecular formula is C19H16ClNO3. The van der Waals surface area contributed by atoms with Crippen LogP contribution in [-0.2, 0) is 6.42 Å². The van der Waals surface area contributed by atoms with Gasteiger partial charge in [0.15, 0.2) is 11.5 Å². The van der Waals surface area contributed by atoms with Crippen molar-refractivity contribution in [1.29, 1.82) is 5.26 Å². The molecule has 2 rings (SSSR count). The Labute approximate surface area is 145 Å². The molecule has 2 aromatic carbocycles. The molecule has 0 radical (unpaired) electrons. The number of allylic oxidation sites excluding steroid dienone is 1. The van der Waals surface area contributed by atoms with Gasteiger partial charge in [0.2, 0.25) is 5.78 Å². The lowest BCUT2D eigenvalue weighted by molar-refractivity contribution is 0.104. The number of Topliss-reactive ketones (excluding diaryl/α,β-unsaturated/α-hetero) is 1. The zero-order valence-electron chi connectivity index (χ0n) is 13.1. The monoisotopic (exact) mass is 341 g/mol. The molecule has 0 aliphatic carbocycles. The number of nitrogens with zero attached hydrogens (tertiary/aromatic N) is 1. The maximum Gasteiger partial charge on any atom is 0.203 e. The highest BCUT2D eigenvalue weighted by Gasteiger charge is 2.13. The number of hydrogen-bond acceptors (Lipinski definition) is 4. The van der Waals surface area contributed by atoms with Crippen LogP contribution in [-0.4, -0.2) is 16.0 Å². The fourth-order valence-corrected chi connectivity index (χ4v) is 2.49. The summed E-state index contributed by atoms with van der Waals surface area (Å²) in [7, 11) is 0. The maximum atomic E-state index is 12.5. The van der Waals surface area contributed by atoms with E-state index in [-0.39, 0.29) is 10.6 Å². The number of rotatable bonds is 5. The van der Waals surface area contributed by atoms with Crippen LogP contribution in [0, 0.1) is 11.3 Å². The number of nitriles is 1. The highest BCUT2D eigenvalue weighted by molar-refractivity contribution is 6.32. The van der Waals surface area contributed by atoms with Crippen molar-refractivity contribution in [2.75, 3.05) is 0 Å². The Kier molecular flexibility index (Phi) is 5.62. The molecule has 0 atom stereocenters. The summed E-state index contributed by atoms with van der Waals surface area (Å²) in [6, 6.07) is 11.6. The van der Waals surface area contributed by atoms with Crippen molar-refractivity contribution < 1.29 is 15.0 Å². The molecule has 0 saturated carbocycles. The van der Waals surface area contributed by atoms with Gasteiger partial charge in [-0.15, -0.1) is 0 Å². The summed E-state index contributed by atoms with van der Waals surface area (Å²) in [5.41, 5.74) is 1.81. The lowest BCUT2D eigenvalue weighted by atomic mass is 9.99. The summed E-state index contributed by atoms with van der Waals surface area (Å²) in [6.07, 6.45) is 3.27. The number of aryl methyl sites for hydroxylation is 1. The van der Waals surface area contributed by atoms with Gasteiger partial charge in [-0.1, -0.05) is 49.2 Å². The minimum absolute atomic E-state index is 0.0603. The lowest BCUT2D eigenvalue weighted by Gasteiger charge is -2.04. The summed E-state index contributed by atoms with van der Waals surface area (Å²) < 4.78 is 0. The Morgan fingerprint density at radius 3 is 2.46 bits per heavy atom. The molecule has 0 heterocycles. The van der Waals surface area contributed by atoms with Gasteiger partial charge in [-0.25, -0.2) is 0 Å². The largest absolute Gasteiger partial charge is 0.504 e. The topological polar surface area (TPSA) is 81.3 Å². The summed E-state index contributed by atoms with van der Waals surface area (Å²) in [5.74, 6) is -1.27. The average Bonchev–Trinajstić information content (AvgIpc) is 2.58. The van der Waals surface area contributed by atoms with Crippen molar-refractivity contribution in [3.05, 3.63) is 63.7 Å². The van der Waals surface area contributed by atoms with E-state index in [9.17, 15) is 20.3 Å². The predicted octanol–water partition coefficient (Wildman–Crippen LogP) is 4.49. The van der Waals surface area contributed by atoms with E-state index in [4.69, 9.17) is 11.6 Å². The first-order chi connectivity index (χ1) is 11.5. The first-order valence-electron chi connectivity index (χ1n) is 7.43. The third-order valence-electron chi connectivity index (χ3n) is 3.50. The van der Waals surface area contributed by atoms with Crippen molar-refractivity contribution in [1.82, 2.24) is 0 Å². The number of phenols is 2.